The van der Waals surface area contributed by atoms with Crippen molar-refractivity contribution in [3.05, 3.63) is 0 Å². The number of likely N-dealkylation sites (N-methyl/N-ethyl adjacent to an activating group) is 1. The third kappa shape index (κ3) is 2.69. The van der Waals surface area contributed by atoms with Crippen molar-refractivity contribution in [3.63, 3.8) is 0 Å². The summed E-state index contributed by atoms with van der Waals surface area (Å²) < 4.78 is 0. The second kappa shape index (κ2) is 4.28. The predicted octanol–water partition coefficient (Wildman–Crippen LogP) is -0.208. The van der Waals surface area contributed by atoms with Gasteiger partial charge in [-0.1, -0.05) is 13.8 Å². The maximum atomic E-state index is 11.2. The summed E-state index contributed by atoms with van der Waals surface area (Å²) in [7, 11) is 1.67. The average molecular weight is 199 g/mol. The zero-order valence-corrected chi connectivity index (χ0v) is 9.34. The van der Waals surface area contributed by atoms with Gasteiger partial charge in [-0.3, -0.25) is 9.69 Å². The van der Waals surface area contributed by atoms with Gasteiger partial charge >= 0.3 is 0 Å². The monoisotopic (exact) mass is 199 g/mol. The van der Waals surface area contributed by atoms with Crippen LogP contribution in [-0.4, -0.2) is 43.5 Å². The molecular weight excluding hydrogens is 178 g/mol. The number of carbonyl (C=O) groups is 1. The van der Waals surface area contributed by atoms with Gasteiger partial charge in [0.25, 0.3) is 0 Å². The number of hydrogen-bond acceptors (Lipinski definition) is 3. The van der Waals surface area contributed by atoms with Crippen molar-refractivity contribution in [2.45, 2.75) is 26.3 Å². The van der Waals surface area contributed by atoms with Gasteiger partial charge in [0.2, 0.25) is 5.91 Å². The van der Waals surface area contributed by atoms with Crippen LogP contribution in [0.2, 0.25) is 0 Å². The molecule has 0 spiro atoms. The second-order valence-corrected chi connectivity index (χ2v) is 4.77. The normalized spacial score (nSPS) is 27.3. The summed E-state index contributed by atoms with van der Waals surface area (Å²) in [6, 6.07) is 0.253. The molecular formula is C10H21N3O. The highest BCUT2D eigenvalue weighted by atomic mass is 16.1. The molecule has 0 aliphatic carbocycles. The maximum Gasteiger partial charge on any atom is 0.233 e. The van der Waals surface area contributed by atoms with Crippen molar-refractivity contribution < 1.29 is 4.79 Å². The van der Waals surface area contributed by atoms with Crippen LogP contribution in [-0.2, 0) is 4.79 Å². The fraction of sp³-hybridized carbons (Fsp3) is 0.900. The van der Waals surface area contributed by atoms with Crippen LogP contribution in [0.25, 0.3) is 0 Å². The lowest BCUT2D eigenvalue weighted by molar-refractivity contribution is -0.122. The van der Waals surface area contributed by atoms with Gasteiger partial charge in [0.15, 0.2) is 0 Å². The van der Waals surface area contributed by atoms with Crippen LogP contribution < -0.4 is 11.1 Å². The van der Waals surface area contributed by atoms with Gasteiger partial charge in [0.05, 0.1) is 6.54 Å². The lowest BCUT2D eigenvalue weighted by Crippen LogP contribution is -2.54. The number of piperidine rings is 1. The summed E-state index contributed by atoms with van der Waals surface area (Å²) in [5.74, 6) is 0.0799. The third-order valence-electron chi connectivity index (χ3n) is 3.04. The molecule has 0 radical (unpaired) electrons. The van der Waals surface area contributed by atoms with E-state index in [9.17, 15) is 4.79 Å². The molecule has 1 aliphatic heterocycles. The molecule has 1 heterocycles. The zero-order chi connectivity index (χ0) is 10.8. The van der Waals surface area contributed by atoms with Gasteiger partial charge in [-0.25, -0.2) is 0 Å². The van der Waals surface area contributed by atoms with E-state index in [0.29, 0.717) is 6.54 Å². The van der Waals surface area contributed by atoms with Crippen LogP contribution in [0, 0.1) is 5.41 Å². The standard InChI is InChI=1S/C10H21N3O/c1-10(2)7-13(5-4-8(10)11)6-9(14)12-3/h8H,4-7,11H2,1-3H3,(H,12,14). The van der Waals surface area contributed by atoms with Crippen LogP contribution >= 0.6 is 0 Å². The van der Waals surface area contributed by atoms with Crippen LogP contribution in [0.15, 0.2) is 0 Å². The van der Waals surface area contributed by atoms with E-state index in [1.807, 2.05) is 0 Å². The highest BCUT2D eigenvalue weighted by Crippen LogP contribution is 2.27. The number of nitrogens with two attached hydrogens (primary N) is 1. The third-order valence-corrected chi connectivity index (χ3v) is 3.04. The van der Waals surface area contributed by atoms with E-state index in [1.165, 1.54) is 0 Å². The summed E-state index contributed by atoms with van der Waals surface area (Å²) in [6.07, 6.45) is 0.976. The number of nitrogens with one attached hydrogen (secondary N) is 1. The molecule has 0 saturated carbocycles. The van der Waals surface area contributed by atoms with Crippen LogP contribution in [0.3, 0.4) is 0 Å². The molecule has 0 bridgehead atoms. The van der Waals surface area contributed by atoms with Gasteiger partial charge in [-0.15, -0.1) is 0 Å². The van der Waals surface area contributed by atoms with Crippen molar-refractivity contribution >= 4 is 5.91 Å². The average Bonchev–Trinajstić information content (AvgIpc) is 2.11. The van der Waals surface area contributed by atoms with Crippen LogP contribution in [0.4, 0.5) is 0 Å². The van der Waals surface area contributed by atoms with E-state index in [2.05, 4.69) is 24.1 Å². The van der Waals surface area contributed by atoms with Gasteiger partial charge in [-0.2, -0.15) is 0 Å². The van der Waals surface area contributed by atoms with Crippen molar-refractivity contribution in [1.29, 1.82) is 0 Å². The molecule has 0 aromatic heterocycles. The van der Waals surface area contributed by atoms with Gasteiger partial charge in [-0.05, 0) is 11.8 Å². The Morgan fingerprint density at radius 3 is 2.79 bits per heavy atom. The molecule has 3 N–H and O–H groups in total. The molecule has 4 nitrogen and oxygen atoms in total. The number of likely N-dealkylation sites (tertiary alicyclic amines) is 1. The summed E-state index contributed by atoms with van der Waals surface area (Å²) in [5.41, 5.74) is 6.13. The molecule has 1 unspecified atom stereocenters. The number of amides is 1. The van der Waals surface area contributed by atoms with Crippen molar-refractivity contribution in [1.82, 2.24) is 10.2 Å². The minimum absolute atomic E-state index is 0.0799. The molecule has 0 aromatic rings. The van der Waals surface area contributed by atoms with Gasteiger partial charge < -0.3 is 11.1 Å². The Balaban J connectivity index is 2.47. The molecule has 1 amide bonds. The van der Waals surface area contributed by atoms with Crippen molar-refractivity contribution in [2.24, 2.45) is 11.1 Å². The van der Waals surface area contributed by atoms with Crippen LogP contribution in [0.1, 0.15) is 20.3 Å². The number of hydrogen-bond donors (Lipinski definition) is 2. The number of nitrogens with zero attached hydrogens (tertiary/aromatic N) is 1. The smallest absolute Gasteiger partial charge is 0.233 e. The van der Waals surface area contributed by atoms with Crippen LogP contribution in [0.5, 0.6) is 0 Å². The van der Waals surface area contributed by atoms with Gasteiger partial charge in [0, 0.05) is 26.2 Å². The quantitative estimate of drug-likeness (QED) is 0.647. The molecule has 14 heavy (non-hydrogen) atoms. The Hall–Kier alpha value is -0.610. The molecule has 82 valence electrons. The van der Waals surface area contributed by atoms with E-state index < -0.39 is 0 Å². The topological polar surface area (TPSA) is 58.4 Å². The van der Waals surface area contributed by atoms with E-state index in [0.717, 1.165) is 19.5 Å². The molecule has 1 rings (SSSR count). The predicted molar refractivity (Wildman–Crippen MR) is 56.9 cm³/mol. The van der Waals surface area contributed by atoms with Gasteiger partial charge in [0.1, 0.15) is 0 Å². The van der Waals surface area contributed by atoms with E-state index in [4.69, 9.17) is 5.73 Å². The summed E-state index contributed by atoms with van der Waals surface area (Å²) in [4.78, 5) is 13.4. The lowest BCUT2D eigenvalue weighted by atomic mass is 9.80. The fourth-order valence-electron chi connectivity index (χ4n) is 1.90. The Morgan fingerprint density at radius 2 is 2.29 bits per heavy atom. The lowest BCUT2D eigenvalue weighted by Gasteiger charge is -2.42. The first-order valence-electron chi connectivity index (χ1n) is 5.14. The number of rotatable bonds is 2. The number of carbonyl (C=O) groups excluding carboxylic acids is 1. The maximum absolute atomic E-state index is 11.2. The van der Waals surface area contributed by atoms with E-state index in [-0.39, 0.29) is 17.4 Å². The molecule has 0 aromatic carbocycles. The molecule has 1 atom stereocenters. The highest BCUT2D eigenvalue weighted by Gasteiger charge is 2.33. The fourth-order valence-corrected chi connectivity index (χ4v) is 1.90. The van der Waals surface area contributed by atoms with E-state index in [1.54, 1.807) is 7.05 Å². The summed E-state index contributed by atoms with van der Waals surface area (Å²) >= 11 is 0. The first-order valence-corrected chi connectivity index (χ1v) is 5.14. The minimum atomic E-state index is 0.0799. The molecule has 4 heteroatoms. The Kier molecular flexibility index (Phi) is 3.50. The highest BCUT2D eigenvalue weighted by molar-refractivity contribution is 5.77. The van der Waals surface area contributed by atoms with Crippen molar-refractivity contribution in [2.75, 3.05) is 26.7 Å². The van der Waals surface area contributed by atoms with E-state index >= 15 is 0 Å². The first kappa shape index (κ1) is 11.5. The molecule has 1 saturated heterocycles. The van der Waals surface area contributed by atoms with Crippen molar-refractivity contribution in [3.8, 4) is 0 Å². The Bertz CT molecular complexity index is 215. The summed E-state index contributed by atoms with van der Waals surface area (Å²) in [6.45, 7) is 6.65. The SMILES string of the molecule is CNC(=O)CN1CCC(N)C(C)(C)C1. The first-order chi connectivity index (χ1) is 6.45. The minimum Gasteiger partial charge on any atom is -0.358 e. The molecule has 1 fully saturated rings. The zero-order valence-electron chi connectivity index (χ0n) is 9.34. The second-order valence-electron chi connectivity index (χ2n) is 4.77. The summed E-state index contributed by atoms with van der Waals surface area (Å²) in [5, 5.41) is 2.64. The Morgan fingerprint density at radius 1 is 1.64 bits per heavy atom. The Labute approximate surface area is 85.8 Å². The molecule has 1 aliphatic rings. The largest absolute Gasteiger partial charge is 0.358 e.